The lowest BCUT2D eigenvalue weighted by Crippen LogP contribution is -2.04. The Bertz CT molecular complexity index is 295. The van der Waals surface area contributed by atoms with E-state index >= 15 is 0 Å². The van der Waals surface area contributed by atoms with Crippen molar-refractivity contribution in [1.29, 1.82) is 0 Å². The van der Waals surface area contributed by atoms with Crippen molar-refractivity contribution in [3.63, 3.8) is 0 Å². The molecule has 0 spiro atoms. The van der Waals surface area contributed by atoms with Crippen LogP contribution in [-0.2, 0) is 6.18 Å². The highest BCUT2D eigenvalue weighted by Crippen LogP contribution is 2.36. The zero-order valence-corrected chi connectivity index (χ0v) is 7.28. The molecule has 12 heavy (non-hydrogen) atoms. The molecule has 1 nitrogen and oxygen atoms in total. The van der Waals surface area contributed by atoms with Crippen LogP contribution in [-0.4, -0.2) is 5.11 Å². The summed E-state index contributed by atoms with van der Waals surface area (Å²) in [6.45, 7) is 0. The Labute approximate surface area is 75.0 Å². The first kappa shape index (κ1) is 9.38. The van der Waals surface area contributed by atoms with E-state index in [1.165, 1.54) is 6.07 Å². The van der Waals surface area contributed by atoms with Crippen LogP contribution in [0.1, 0.15) is 5.56 Å². The molecule has 66 valence electrons. The molecule has 1 aromatic carbocycles. The molecular weight excluding hydrogens is 237 g/mol. The Morgan fingerprint density at radius 2 is 1.83 bits per heavy atom. The molecule has 0 saturated carbocycles. The molecule has 0 atom stereocenters. The molecule has 0 heterocycles. The zero-order chi connectivity index (χ0) is 9.35. The lowest BCUT2D eigenvalue weighted by atomic mass is 10.2. The first-order valence-corrected chi connectivity index (χ1v) is 3.76. The van der Waals surface area contributed by atoms with Crippen molar-refractivity contribution in [2.24, 2.45) is 0 Å². The summed E-state index contributed by atoms with van der Waals surface area (Å²) >= 11 is 2.94. The number of halogens is 4. The number of hydrogen-bond donors (Lipinski definition) is 1. The topological polar surface area (TPSA) is 20.2 Å². The second-order valence-corrected chi connectivity index (χ2v) is 3.07. The summed E-state index contributed by atoms with van der Waals surface area (Å²) < 4.78 is 36.4. The minimum Gasteiger partial charge on any atom is -0.507 e. The summed E-state index contributed by atoms with van der Waals surface area (Å²) in [6.07, 6.45) is -4.50. The van der Waals surface area contributed by atoms with Crippen molar-refractivity contribution in [3.05, 3.63) is 28.2 Å². The van der Waals surface area contributed by atoms with Gasteiger partial charge in [0.1, 0.15) is 5.75 Å². The summed E-state index contributed by atoms with van der Waals surface area (Å²) in [5, 5.41) is 8.88. The molecule has 0 aromatic heterocycles. The lowest BCUT2D eigenvalue weighted by molar-refractivity contribution is -0.138. The van der Waals surface area contributed by atoms with E-state index in [0.717, 1.165) is 12.1 Å². The Hall–Kier alpha value is -0.710. The van der Waals surface area contributed by atoms with Gasteiger partial charge in [-0.25, -0.2) is 0 Å². The fourth-order valence-electron chi connectivity index (χ4n) is 0.745. The van der Waals surface area contributed by atoms with Gasteiger partial charge in [-0.15, -0.1) is 0 Å². The van der Waals surface area contributed by atoms with Gasteiger partial charge >= 0.3 is 6.18 Å². The van der Waals surface area contributed by atoms with Gasteiger partial charge in [0.2, 0.25) is 0 Å². The maximum absolute atomic E-state index is 12.0. The van der Waals surface area contributed by atoms with Crippen LogP contribution in [0.25, 0.3) is 0 Å². The number of alkyl halides is 3. The average molecular weight is 241 g/mol. The molecule has 0 aliphatic heterocycles. The summed E-state index contributed by atoms with van der Waals surface area (Å²) in [4.78, 5) is 0. The normalized spacial score (nSPS) is 11.7. The second kappa shape index (κ2) is 2.97. The zero-order valence-electron chi connectivity index (χ0n) is 5.69. The van der Waals surface area contributed by atoms with Gasteiger partial charge < -0.3 is 5.11 Å². The SMILES string of the molecule is Oc1cc(Br)ccc1C(F)(F)F. The number of hydrogen-bond acceptors (Lipinski definition) is 1. The minimum atomic E-state index is -4.50. The Kier molecular flexibility index (Phi) is 2.32. The maximum atomic E-state index is 12.0. The molecule has 0 unspecified atom stereocenters. The van der Waals surface area contributed by atoms with Gasteiger partial charge in [0, 0.05) is 4.47 Å². The monoisotopic (exact) mass is 240 g/mol. The Morgan fingerprint density at radius 3 is 2.25 bits per heavy atom. The summed E-state index contributed by atoms with van der Waals surface area (Å²) in [5.41, 5.74) is -1.02. The third-order valence-corrected chi connectivity index (χ3v) is 1.76. The van der Waals surface area contributed by atoms with E-state index in [1.54, 1.807) is 0 Å². The van der Waals surface area contributed by atoms with E-state index in [4.69, 9.17) is 5.11 Å². The van der Waals surface area contributed by atoms with Crippen LogP contribution < -0.4 is 0 Å². The number of aromatic hydroxyl groups is 1. The van der Waals surface area contributed by atoms with Gasteiger partial charge in [0.15, 0.2) is 0 Å². The molecule has 0 amide bonds. The molecule has 0 radical (unpaired) electrons. The molecule has 5 heteroatoms. The molecule has 0 aliphatic carbocycles. The second-order valence-electron chi connectivity index (χ2n) is 2.16. The highest BCUT2D eigenvalue weighted by Gasteiger charge is 2.33. The molecule has 1 aromatic rings. The number of benzene rings is 1. The molecule has 0 fully saturated rings. The van der Waals surface area contributed by atoms with Crippen LogP contribution in [0.3, 0.4) is 0 Å². The molecule has 0 bridgehead atoms. The summed E-state index contributed by atoms with van der Waals surface area (Å²) in [6, 6.07) is 3.05. The number of phenolic OH excluding ortho intramolecular Hbond substituents is 1. The van der Waals surface area contributed by atoms with Crippen molar-refractivity contribution >= 4 is 15.9 Å². The number of phenols is 1. The third-order valence-electron chi connectivity index (χ3n) is 1.27. The quantitative estimate of drug-likeness (QED) is 0.739. The predicted octanol–water partition coefficient (Wildman–Crippen LogP) is 3.17. The maximum Gasteiger partial charge on any atom is 0.419 e. The minimum absolute atomic E-state index is 0.410. The van der Waals surface area contributed by atoms with E-state index < -0.39 is 17.5 Å². The predicted molar refractivity (Wildman–Crippen MR) is 40.8 cm³/mol. The van der Waals surface area contributed by atoms with E-state index in [-0.39, 0.29) is 0 Å². The highest BCUT2D eigenvalue weighted by atomic mass is 79.9. The van der Waals surface area contributed by atoms with Crippen LogP contribution in [0.4, 0.5) is 13.2 Å². The fourth-order valence-corrected chi connectivity index (χ4v) is 1.09. The highest BCUT2D eigenvalue weighted by molar-refractivity contribution is 9.10. The third kappa shape index (κ3) is 1.91. The fraction of sp³-hybridized carbons (Fsp3) is 0.143. The van der Waals surface area contributed by atoms with Crippen LogP contribution in [0.15, 0.2) is 22.7 Å². The van der Waals surface area contributed by atoms with Gasteiger partial charge in [-0.3, -0.25) is 0 Å². The molecule has 0 aliphatic rings. The van der Waals surface area contributed by atoms with Crippen molar-refractivity contribution in [2.75, 3.05) is 0 Å². The van der Waals surface area contributed by atoms with E-state index in [1.807, 2.05) is 0 Å². The van der Waals surface area contributed by atoms with E-state index in [0.29, 0.717) is 4.47 Å². The first-order chi connectivity index (χ1) is 5.41. The van der Waals surface area contributed by atoms with E-state index in [9.17, 15) is 13.2 Å². The summed E-state index contributed by atoms with van der Waals surface area (Å²) in [7, 11) is 0. The molecule has 1 rings (SSSR count). The van der Waals surface area contributed by atoms with Crippen LogP contribution >= 0.6 is 15.9 Å². The standard InChI is InChI=1S/C7H4BrF3O/c8-4-1-2-5(6(12)3-4)7(9,10)11/h1-3,12H. The first-order valence-electron chi connectivity index (χ1n) is 2.97. The van der Waals surface area contributed by atoms with Gasteiger partial charge in [-0.2, -0.15) is 13.2 Å². The van der Waals surface area contributed by atoms with Gasteiger partial charge in [0.05, 0.1) is 5.56 Å². The Morgan fingerprint density at radius 1 is 1.25 bits per heavy atom. The van der Waals surface area contributed by atoms with Gasteiger partial charge in [-0.1, -0.05) is 15.9 Å². The van der Waals surface area contributed by atoms with Crippen LogP contribution in [0.5, 0.6) is 5.75 Å². The van der Waals surface area contributed by atoms with Crippen LogP contribution in [0.2, 0.25) is 0 Å². The van der Waals surface area contributed by atoms with Gasteiger partial charge in [0.25, 0.3) is 0 Å². The van der Waals surface area contributed by atoms with Gasteiger partial charge in [-0.05, 0) is 18.2 Å². The van der Waals surface area contributed by atoms with Crippen molar-refractivity contribution < 1.29 is 18.3 Å². The largest absolute Gasteiger partial charge is 0.507 e. The van der Waals surface area contributed by atoms with E-state index in [2.05, 4.69) is 15.9 Å². The molecular formula is C7H4BrF3O. The van der Waals surface area contributed by atoms with Crippen molar-refractivity contribution in [2.45, 2.75) is 6.18 Å². The van der Waals surface area contributed by atoms with Crippen molar-refractivity contribution in [3.8, 4) is 5.75 Å². The smallest absolute Gasteiger partial charge is 0.419 e. The van der Waals surface area contributed by atoms with Crippen LogP contribution in [0, 0.1) is 0 Å². The average Bonchev–Trinajstić information content (AvgIpc) is 1.83. The molecule has 0 saturated heterocycles. The number of rotatable bonds is 0. The van der Waals surface area contributed by atoms with Crippen molar-refractivity contribution in [1.82, 2.24) is 0 Å². The lowest BCUT2D eigenvalue weighted by Gasteiger charge is -2.08. The Balaban J connectivity index is 3.19. The molecule has 1 N–H and O–H groups in total. The summed E-state index contributed by atoms with van der Waals surface area (Å²) in [5.74, 6) is -0.767.